The van der Waals surface area contributed by atoms with E-state index < -0.39 is 18.8 Å². The number of rotatable bonds is 3. The van der Waals surface area contributed by atoms with Gasteiger partial charge in [0, 0.05) is 26.2 Å². The summed E-state index contributed by atoms with van der Waals surface area (Å²) in [5.74, 6) is 0.547. The topological polar surface area (TPSA) is 35.6 Å². The second-order valence-corrected chi connectivity index (χ2v) is 5.31. The fraction of sp³-hybridized carbons (Fsp3) is 0.917. The minimum atomic E-state index is -4.36. The average Bonchev–Trinajstić information content (AvgIpc) is 2.50. The number of urea groups is 1. The molecule has 0 spiro atoms. The first-order valence-corrected chi connectivity index (χ1v) is 6.60. The molecule has 1 saturated heterocycles. The van der Waals surface area contributed by atoms with Crippen LogP contribution in [0.3, 0.4) is 0 Å². The zero-order valence-electron chi connectivity index (χ0n) is 11.5. The molecule has 0 atom stereocenters. The number of nitrogens with zero attached hydrogens (tertiary/aromatic N) is 2. The van der Waals surface area contributed by atoms with Crippen molar-refractivity contribution in [2.75, 3.05) is 39.3 Å². The van der Waals surface area contributed by atoms with E-state index in [4.69, 9.17) is 0 Å². The Morgan fingerprint density at radius 1 is 1.21 bits per heavy atom. The van der Waals surface area contributed by atoms with E-state index in [1.807, 2.05) is 5.32 Å². The Morgan fingerprint density at radius 2 is 1.89 bits per heavy atom. The molecule has 1 aliphatic rings. The van der Waals surface area contributed by atoms with Crippen LogP contribution in [0.2, 0.25) is 0 Å². The van der Waals surface area contributed by atoms with Crippen LogP contribution < -0.4 is 5.32 Å². The van der Waals surface area contributed by atoms with Crippen molar-refractivity contribution in [3.05, 3.63) is 0 Å². The largest absolute Gasteiger partial charge is 0.405 e. The van der Waals surface area contributed by atoms with E-state index in [2.05, 4.69) is 18.7 Å². The standard InChI is InChI=1S/C12H22F3N3O/c1-10(2)8-17-4-3-5-18(7-6-17)11(19)16-9-12(13,14)15/h10H,3-9H2,1-2H3,(H,16,19). The third kappa shape index (κ3) is 6.66. The molecule has 2 amide bonds. The van der Waals surface area contributed by atoms with E-state index in [0.29, 0.717) is 19.0 Å². The summed E-state index contributed by atoms with van der Waals surface area (Å²) in [7, 11) is 0. The van der Waals surface area contributed by atoms with Gasteiger partial charge in [0.2, 0.25) is 0 Å². The van der Waals surface area contributed by atoms with Crippen LogP contribution in [0.25, 0.3) is 0 Å². The summed E-state index contributed by atoms with van der Waals surface area (Å²) >= 11 is 0. The SMILES string of the molecule is CC(C)CN1CCCN(C(=O)NCC(F)(F)F)CC1. The molecule has 7 heteroatoms. The summed E-state index contributed by atoms with van der Waals surface area (Å²) in [6.45, 7) is 6.54. The van der Waals surface area contributed by atoms with Gasteiger partial charge in [0.05, 0.1) is 0 Å². The Balaban J connectivity index is 2.37. The maximum absolute atomic E-state index is 12.0. The third-order valence-electron chi connectivity index (χ3n) is 2.94. The minimum Gasteiger partial charge on any atom is -0.329 e. The highest BCUT2D eigenvalue weighted by Crippen LogP contribution is 2.13. The lowest BCUT2D eigenvalue weighted by Crippen LogP contribution is -2.45. The van der Waals surface area contributed by atoms with E-state index in [1.54, 1.807) is 0 Å². The minimum absolute atomic E-state index is 0.483. The number of amides is 2. The molecule has 0 aromatic heterocycles. The Morgan fingerprint density at radius 3 is 2.47 bits per heavy atom. The molecule has 0 aromatic rings. The molecule has 4 nitrogen and oxygen atoms in total. The fourth-order valence-corrected chi connectivity index (χ4v) is 2.16. The smallest absolute Gasteiger partial charge is 0.329 e. The monoisotopic (exact) mass is 281 g/mol. The molecule has 0 aromatic carbocycles. The van der Waals surface area contributed by atoms with Gasteiger partial charge in [-0.25, -0.2) is 4.79 Å². The summed E-state index contributed by atoms with van der Waals surface area (Å²) in [5, 5.41) is 1.92. The van der Waals surface area contributed by atoms with Crippen molar-refractivity contribution in [2.24, 2.45) is 5.92 Å². The molecule has 0 aliphatic carbocycles. The highest BCUT2D eigenvalue weighted by Gasteiger charge is 2.29. The van der Waals surface area contributed by atoms with Crippen molar-refractivity contribution in [2.45, 2.75) is 26.4 Å². The molecular formula is C12H22F3N3O. The summed E-state index contributed by atoms with van der Waals surface area (Å²) in [4.78, 5) is 15.3. The molecule has 1 aliphatic heterocycles. The summed E-state index contributed by atoms with van der Waals surface area (Å²) in [5.41, 5.74) is 0. The van der Waals surface area contributed by atoms with Crippen LogP contribution in [-0.4, -0.2) is 61.3 Å². The normalized spacial score (nSPS) is 18.5. The van der Waals surface area contributed by atoms with Gasteiger partial charge in [-0.15, -0.1) is 0 Å². The van der Waals surface area contributed by atoms with Crippen molar-refractivity contribution in [1.29, 1.82) is 0 Å². The molecule has 0 radical (unpaired) electrons. The van der Waals surface area contributed by atoms with Gasteiger partial charge in [-0.05, 0) is 18.9 Å². The molecule has 19 heavy (non-hydrogen) atoms. The molecule has 0 bridgehead atoms. The third-order valence-corrected chi connectivity index (χ3v) is 2.94. The van der Waals surface area contributed by atoms with Crippen molar-refractivity contribution >= 4 is 6.03 Å². The first-order valence-electron chi connectivity index (χ1n) is 6.60. The molecule has 112 valence electrons. The number of nitrogens with one attached hydrogen (secondary N) is 1. The summed E-state index contributed by atoms with van der Waals surface area (Å²) in [6.07, 6.45) is -3.56. The van der Waals surface area contributed by atoms with Crippen LogP contribution in [0.15, 0.2) is 0 Å². The number of carbonyl (C=O) groups excluding carboxylic acids is 1. The highest BCUT2D eigenvalue weighted by molar-refractivity contribution is 5.74. The van der Waals surface area contributed by atoms with Gasteiger partial charge < -0.3 is 15.1 Å². The zero-order chi connectivity index (χ0) is 14.5. The van der Waals surface area contributed by atoms with Crippen molar-refractivity contribution in [3.63, 3.8) is 0 Å². The molecular weight excluding hydrogens is 259 g/mol. The van der Waals surface area contributed by atoms with Gasteiger partial charge in [0.15, 0.2) is 0 Å². The highest BCUT2D eigenvalue weighted by atomic mass is 19.4. The first-order chi connectivity index (χ1) is 8.78. The van der Waals surface area contributed by atoms with E-state index in [9.17, 15) is 18.0 Å². The van der Waals surface area contributed by atoms with Crippen molar-refractivity contribution in [1.82, 2.24) is 15.1 Å². The second kappa shape index (κ2) is 6.98. The Bertz CT molecular complexity index is 294. The van der Waals surface area contributed by atoms with Gasteiger partial charge >= 0.3 is 12.2 Å². The van der Waals surface area contributed by atoms with Crippen LogP contribution in [0, 0.1) is 5.92 Å². The van der Waals surface area contributed by atoms with Crippen LogP contribution >= 0.6 is 0 Å². The molecule has 0 saturated carbocycles. The van der Waals surface area contributed by atoms with Gasteiger partial charge in [-0.1, -0.05) is 13.8 Å². The first kappa shape index (κ1) is 16.1. The van der Waals surface area contributed by atoms with Gasteiger partial charge in [0.1, 0.15) is 6.54 Å². The maximum atomic E-state index is 12.0. The predicted molar refractivity (Wildman–Crippen MR) is 66.9 cm³/mol. The number of carbonyl (C=O) groups is 1. The van der Waals surface area contributed by atoms with Crippen LogP contribution in [0.4, 0.5) is 18.0 Å². The molecule has 1 fully saturated rings. The fourth-order valence-electron chi connectivity index (χ4n) is 2.16. The Hall–Kier alpha value is -0.980. The Kier molecular flexibility index (Phi) is 5.90. The quantitative estimate of drug-likeness (QED) is 0.858. The van der Waals surface area contributed by atoms with E-state index in [0.717, 1.165) is 26.1 Å². The van der Waals surface area contributed by atoms with Crippen LogP contribution in [0.5, 0.6) is 0 Å². The predicted octanol–water partition coefficient (Wildman–Crippen LogP) is 1.92. The van der Waals surface area contributed by atoms with E-state index in [1.165, 1.54) is 4.90 Å². The summed E-state index contributed by atoms with van der Waals surface area (Å²) < 4.78 is 36.1. The average molecular weight is 281 g/mol. The maximum Gasteiger partial charge on any atom is 0.405 e. The van der Waals surface area contributed by atoms with Crippen molar-refractivity contribution in [3.8, 4) is 0 Å². The van der Waals surface area contributed by atoms with Gasteiger partial charge in [0.25, 0.3) is 0 Å². The summed E-state index contributed by atoms with van der Waals surface area (Å²) in [6, 6.07) is -0.622. The van der Waals surface area contributed by atoms with Crippen molar-refractivity contribution < 1.29 is 18.0 Å². The number of hydrogen-bond acceptors (Lipinski definition) is 2. The van der Waals surface area contributed by atoms with E-state index in [-0.39, 0.29) is 0 Å². The molecule has 0 unspecified atom stereocenters. The van der Waals surface area contributed by atoms with E-state index >= 15 is 0 Å². The molecule has 1 rings (SSSR count). The number of halogens is 3. The van der Waals surface area contributed by atoms with Gasteiger partial charge in [-0.2, -0.15) is 13.2 Å². The zero-order valence-corrected chi connectivity index (χ0v) is 11.5. The van der Waals surface area contributed by atoms with Gasteiger partial charge in [-0.3, -0.25) is 0 Å². The number of hydrogen-bond donors (Lipinski definition) is 1. The lowest BCUT2D eigenvalue weighted by molar-refractivity contribution is -0.123. The lowest BCUT2D eigenvalue weighted by atomic mass is 10.2. The van der Waals surface area contributed by atoms with Crippen LogP contribution in [0.1, 0.15) is 20.3 Å². The molecule has 1 heterocycles. The Labute approximate surface area is 111 Å². The second-order valence-electron chi connectivity index (χ2n) is 5.31. The number of alkyl halides is 3. The van der Waals surface area contributed by atoms with Crippen LogP contribution in [-0.2, 0) is 0 Å². The molecule has 1 N–H and O–H groups in total. The lowest BCUT2D eigenvalue weighted by Gasteiger charge is -2.23.